The van der Waals surface area contributed by atoms with Gasteiger partial charge in [-0.25, -0.2) is 8.42 Å². The van der Waals surface area contributed by atoms with E-state index in [4.69, 9.17) is 5.73 Å². The average molecular weight is 262 g/mol. The summed E-state index contributed by atoms with van der Waals surface area (Å²) in [6, 6.07) is -0.0442. The van der Waals surface area contributed by atoms with E-state index in [1.165, 1.54) is 6.26 Å². The number of hydrogen-bond donors (Lipinski definition) is 1. The third-order valence-electron chi connectivity index (χ3n) is 2.92. The second-order valence-corrected chi connectivity index (χ2v) is 6.55. The Labute approximate surface area is 104 Å². The van der Waals surface area contributed by atoms with Crippen LogP contribution in [-0.4, -0.2) is 63.1 Å². The molecule has 1 unspecified atom stereocenters. The highest BCUT2D eigenvalue weighted by molar-refractivity contribution is 7.88. The van der Waals surface area contributed by atoms with Crippen molar-refractivity contribution < 1.29 is 8.42 Å². The summed E-state index contributed by atoms with van der Waals surface area (Å²) < 4.78 is 24.8. The Balaban J connectivity index is 2.70. The van der Waals surface area contributed by atoms with Crippen LogP contribution in [0.25, 0.3) is 0 Å². The van der Waals surface area contributed by atoms with Crippen molar-refractivity contribution in [2.24, 2.45) is 10.7 Å². The fourth-order valence-electron chi connectivity index (χ4n) is 1.93. The van der Waals surface area contributed by atoms with E-state index in [-0.39, 0.29) is 6.04 Å². The van der Waals surface area contributed by atoms with Gasteiger partial charge in [0.05, 0.1) is 12.8 Å². The SMILES string of the molecule is CN(C)C(N)=NCC1CCCCN1S(C)(=O)=O. The first-order valence-electron chi connectivity index (χ1n) is 5.76. The van der Waals surface area contributed by atoms with E-state index in [1.54, 1.807) is 9.21 Å². The molecular weight excluding hydrogens is 240 g/mol. The van der Waals surface area contributed by atoms with Gasteiger partial charge in [0.2, 0.25) is 10.0 Å². The molecular formula is C10H22N4O2S. The quantitative estimate of drug-likeness (QED) is 0.558. The first-order chi connectivity index (χ1) is 7.82. The molecule has 1 aliphatic rings. The summed E-state index contributed by atoms with van der Waals surface area (Å²) in [6.07, 6.45) is 4.09. The molecule has 0 aromatic rings. The number of aliphatic imine (C=N–C) groups is 1. The Morgan fingerprint density at radius 1 is 1.47 bits per heavy atom. The van der Waals surface area contributed by atoms with Gasteiger partial charge in [-0.15, -0.1) is 0 Å². The van der Waals surface area contributed by atoms with E-state index in [1.807, 2.05) is 14.1 Å². The highest BCUT2D eigenvalue weighted by Gasteiger charge is 2.28. The van der Waals surface area contributed by atoms with Crippen LogP contribution in [0.2, 0.25) is 0 Å². The van der Waals surface area contributed by atoms with Crippen molar-refractivity contribution in [3.05, 3.63) is 0 Å². The van der Waals surface area contributed by atoms with Gasteiger partial charge < -0.3 is 10.6 Å². The van der Waals surface area contributed by atoms with Crippen LogP contribution in [-0.2, 0) is 10.0 Å². The predicted molar refractivity (Wildman–Crippen MR) is 69.4 cm³/mol. The normalized spacial score (nSPS) is 23.7. The lowest BCUT2D eigenvalue weighted by molar-refractivity contribution is 0.259. The molecule has 0 amide bonds. The lowest BCUT2D eigenvalue weighted by atomic mass is 10.1. The van der Waals surface area contributed by atoms with Crippen molar-refractivity contribution in [1.29, 1.82) is 0 Å². The Kier molecular flexibility index (Phi) is 4.76. The van der Waals surface area contributed by atoms with E-state index in [2.05, 4.69) is 4.99 Å². The van der Waals surface area contributed by atoms with Gasteiger partial charge in [-0.3, -0.25) is 4.99 Å². The first kappa shape index (κ1) is 14.2. The number of rotatable bonds is 3. The molecule has 1 heterocycles. The van der Waals surface area contributed by atoms with Crippen LogP contribution in [0.15, 0.2) is 4.99 Å². The average Bonchev–Trinajstić information content (AvgIpc) is 2.24. The zero-order valence-electron chi connectivity index (χ0n) is 10.8. The van der Waals surface area contributed by atoms with Crippen molar-refractivity contribution >= 4 is 16.0 Å². The lowest BCUT2D eigenvalue weighted by Gasteiger charge is -2.32. The van der Waals surface area contributed by atoms with E-state index >= 15 is 0 Å². The Morgan fingerprint density at radius 3 is 2.65 bits per heavy atom. The van der Waals surface area contributed by atoms with Crippen LogP contribution in [0.3, 0.4) is 0 Å². The summed E-state index contributed by atoms with van der Waals surface area (Å²) in [6.45, 7) is 1.04. The first-order valence-corrected chi connectivity index (χ1v) is 7.61. The molecule has 0 aromatic carbocycles. The van der Waals surface area contributed by atoms with Gasteiger partial charge in [0, 0.05) is 26.7 Å². The lowest BCUT2D eigenvalue weighted by Crippen LogP contribution is -2.45. The molecule has 1 saturated heterocycles. The molecule has 0 saturated carbocycles. The largest absolute Gasteiger partial charge is 0.370 e. The van der Waals surface area contributed by atoms with Crippen LogP contribution in [0, 0.1) is 0 Å². The predicted octanol–water partition coefficient (Wildman–Crippen LogP) is -0.323. The summed E-state index contributed by atoms with van der Waals surface area (Å²) in [7, 11) is 0.494. The zero-order valence-corrected chi connectivity index (χ0v) is 11.6. The molecule has 0 bridgehead atoms. The van der Waals surface area contributed by atoms with Crippen molar-refractivity contribution in [3.63, 3.8) is 0 Å². The Morgan fingerprint density at radius 2 is 2.12 bits per heavy atom. The molecule has 0 aliphatic carbocycles. The van der Waals surface area contributed by atoms with Crippen LogP contribution in [0.4, 0.5) is 0 Å². The van der Waals surface area contributed by atoms with E-state index < -0.39 is 10.0 Å². The smallest absolute Gasteiger partial charge is 0.211 e. The molecule has 1 fully saturated rings. The fraction of sp³-hybridized carbons (Fsp3) is 0.900. The van der Waals surface area contributed by atoms with Gasteiger partial charge >= 0.3 is 0 Å². The topological polar surface area (TPSA) is 79.0 Å². The number of sulfonamides is 1. The molecule has 0 aromatic heterocycles. The molecule has 0 radical (unpaired) electrons. The molecule has 100 valence electrons. The molecule has 1 aliphatic heterocycles. The molecule has 7 heteroatoms. The Bertz CT molecular complexity index is 378. The summed E-state index contributed by atoms with van der Waals surface area (Å²) >= 11 is 0. The maximum Gasteiger partial charge on any atom is 0.211 e. The summed E-state index contributed by atoms with van der Waals surface area (Å²) in [5.41, 5.74) is 5.70. The van der Waals surface area contributed by atoms with Crippen molar-refractivity contribution in [1.82, 2.24) is 9.21 Å². The zero-order chi connectivity index (χ0) is 13.1. The number of guanidine groups is 1. The third-order valence-corrected chi connectivity index (χ3v) is 4.25. The number of hydrogen-bond acceptors (Lipinski definition) is 3. The van der Waals surface area contributed by atoms with E-state index in [9.17, 15) is 8.42 Å². The van der Waals surface area contributed by atoms with E-state index in [0.29, 0.717) is 19.0 Å². The van der Waals surface area contributed by atoms with Gasteiger partial charge in [-0.1, -0.05) is 6.42 Å². The summed E-state index contributed by atoms with van der Waals surface area (Å²) in [5, 5.41) is 0. The fourth-order valence-corrected chi connectivity index (χ4v) is 3.11. The molecule has 2 N–H and O–H groups in total. The number of nitrogens with zero attached hydrogens (tertiary/aromatic N) is 3. The molecule has 6 nitrogen and oxygen atoms in total. The minimum Gasteiger partial charge on any atom is -0.370 e. The monoisotopic (exact) mass is 262 g/mol. The van der Waals surface area contributed by atoms with Gasteiger partial charge in [0.15, 0.2) is 5.96 Å². The van der Waals surface area contributed by atoms with Crippen LogP contribution >= 0.6 is 0 Å². The van der Waals surface area contributed by atoms with Crippen molar-refractivity contribution in [3.8, 4) is 0 Å². The number of piperidine rings is 1. The van der Waals surface area contributed by atoms with Gasteiger partial charge in [-0.05, 0) is 12.8 Å². The minimum atomic E-state index is -3.13. The van der Waals surface area contributed by atoms with Gasteiger partial charge in [-0.2, -0.15) is 4.31 Å². The second-order valence-electron chi connectivity index (χ2n) is 4.62. The molecule has 17 heavy (non-hydrogen) atoms. The van der Waals surface area contributed by atoms with E-state index in [0.717, 1.165) is 19.3 Å². The van der Waals surface area contributed by atoms with Crippen LogP contribution in [0.1, 0.15) is 19.3 Å². The molecule has 0 spiro atoms. The highest BCUT2D eigenvalue weighted by Crippen LogP contribution is 2.19. The van der Waals surface area contributed by atoms with Gasteiger partial charge in [0.25, 0.3) is 0 Å². The van der Waals surface area contributed by atoms with Crippen molar-refractivity contribution in [2.75, 3.05) is 33.4 Å². The standard InChI is InChI=1S/C10H22N4O2S/c1-13(2)10(11)12-8-9-6-4-5-7-14(9)17(3,15)16/h9H,4-8H2,1-3H3,(H2,11,12). The molecule has 1 atom stereocenters. The van der Waals surface area contributed by atoms with Crippen LogP contribution < -0.4 is 5.73 Å². The third kappa shape index (κ3) is 4.16. The number of nitrogens with two attached hydrogens (primary N) is 1. The summed E-state index contributed by atoms with van der Waals surface area (Å²) in [4.78, 5) is 5.94. The Hall–Kier alpha value is -0.820. The highest BCUT2D eigenvalue weighted by atomic mass is 32.2. The second kappa shape index (κ2) is 5.68. The van der Waals surface area contributed by atoms with Crippen LogP contribution in [0.5, 0.6) is 0 Å². The summed E-state index contributed by atoms with van der Waals surface area (Å²) in [5.74, 6) is 0.434. The molecule has 1 rings (SSSR count). The minimum absolute atomic E-state index is 0.0442. The maximum absolute atomic E-state index is 11.6. The maximum atomic E-state index is 11.6. The van der Waals surface area contributed by atoms with Crippen molar-refractivity contribution in [2.45, 2.75) is 25.3 Å². The van der Waals surface area contributed by atoms with Gasteiger partial charge in [0.1, 0.15) is 0 Å².